The highest BCUT2D eigenvalue weighted by Crippen LogP contribution is 2.24. The van der Waals surface area contributed by atoms with Gasteiger partial charge in [-0.25, -0.2) is 0 Å². The van der Waals surface area contributed by atoms with E-state index in [2.05, 4.69) is 0 Å². The first-order valence-electron chi connectivity index (χ1n) is 9.40. The zero-order valence-electron chi connectivity index (χ0n) is 15.7. The molecular formula is C19H29N3O4. The molecule has 3 rings (SSSR count). The molecule has 2 aliphatic heterocycles. The first kappa shape index (κ1) is 18.9. The SMILES string of the molecule is COCC(=O)N(C1CCOCC1)C1CCCN(C(=O)c2cccn2C)C1. The van der Waals surface area contributed by atoms with Gasteiger partial charge in [-0.1, -0.05) is 0 Å². The Morgan fingerprint density at radius 2 is 2.04 bits per heavy atom. The van der Waals surface area contributed by atoms with Crippen LogP contribution in [0.25, 0.3) is 0 Å². The van der Waals surface area contributed by atoms with Gasteiger partial charge in [0.15, 0.2) is 0 Å². The topological polar surface area (TPSA) is 64.0 Å². The Hall–Kier alpha value is -1.86. The molecule has 1 aromatic rings. The lowest BCUT2D eigenvalue weighted by molar-refractivity contribution is -0.143. The molecule has 2 amide bonds. The van der Waals surface area contributed by atoms with Crippen molar-refractivity contribution in [1.82, 2.24) is 14.4 Å². The minimum atomic E-state index is 0.0116. The third-order valence-corrected chi connectivity index (χ3v) is 5.38. The van der Waals surface area contributed by atoms with E-state index in [-0.39, 0.29) is 30.5 Å². The van der Waals surface area contributed by atoms with E-state index in [0.717, 1.165) is 32.2 Å². The Morgan fingerprint density at radius 1 is 1.27 bits per heavy atom. The number of carbonyl (C=O) groups excluding carboxylic acids is 2. The van der Waals surface area contributed by atoms with E-state index in [1.807, 2.05) is 39.7 Å². The van der Waals surface area contributed by atoms with Crippen LogP contribution in [0, 0.1) is 0 Å². The lowest BCUT2D eigenvalue weighted by atomic mass is 9.98. The first-order chi connectivity index (χ1) is 12.6. The maximum absolute atomic E-state index is 12.9. The lowest BCUT2D eigenvalue weighted by Crippen LogP contribution is -2.57. The third kappa shape index (κ3) is 4.10. The van der Waals surface area contributed by atoms with Crippen LogP contribution in [0.3, 0.4) is 0 Å². The summed E-state index contributed by atoms with van der Waals surface area (Å²) < 4.78 is 12.4. The van der Waals surface area contributed by atoms with Crippen LogP contribution in [0.5, 0.6) is 0 Å². The van der Waals surface area contributed by atoms with Gasteiger partial charge in [-0.3, -0.25) is 9.59 Å². The highest BCUT2D eigenvalue weighted by Gasteiger charge is 2.35. The molecule has 0 spiro atoms. The molecule has 2 fully saturated rings. The molecule has 1 atom stereocenters. The summed E-state index contributed by atoms with van der Waals surface area (Å²) >= 11 is 0. The summed E-state index contributed by atoms with van der Waals surface area (Å²) in [5.74, 6) is 0.0471. The van der Waals surface area contributed by atoms with Crippen LogP contribution in [0.1, 0.15) is 36.2 Å². The van der Waals surface area contributed by atoms with E-state index in [9.17, 15) is 9.59 Å². The van der Waals surface area contributed by atoms with Crippen molar-refractivity contribution in [2.24, 2.45) is 7.05 Å². The Balaban J connectivity index is 1.74. The second-order valence-corrected chi connectivity index (χ2v) is 7.13. The van der Waals surface area contributed by atoms with Crippen molar-refractivity contribution in [2.45, 2.75) is 37.8 Å². The minimum absolute atomic E-state index is 0.0116. The van der Waals surface area contributed by atoms with Gasteiger partial charge in [0.05, 0.1) is 0 Å². The van der Waals surface area contributed by atoms with Crippen molar-refractivity contribution in [2.75, 3.05) is 40.0 Å². The van der Waals surface area contributed by atoms with Gasteiger partial charge in [-0.2, -0.15) is 0 Å². The van der Waals surface area contributed by atoms with Crippen molar-refractivity contribution in [3.05, 3.63) is 24.0 Å². The third-order valence-electron chi connectivity index (χ3n) is 5.38. The first-order valence-corrected chi connectivity index (χ1v) is 9.40. The van der Waals surface area contributed by atoms with Gasteiger partial charge in [-0.15, -0.1) is 0 Å². The van der Waals surface area contributed by atoms with Gasteiger partial charge in [0.2, 0.25) is 5.91 Å². The molecule has 144 valence electrons. The summed E-state index contributed by atoms with van der Waals surface area (Å²) in [6.45, 7) is 2.76. The molecule has 7 nitrogen and oxygen atoms in total. The second kappa shape index (κ2) is 8.68. The number of aryl methyl sites for hydroxylation is 1. The van der Waals surface area contributed by atoms with Crippen LogP contribution >= 0.6 is 0 Å². The normalized spacial score (nSPS) is 21.6. The summed E-state index contributed by atoms with van der Waals surface area (Å²) in [7, 11) is 3.43. The molecule has 1 unspecified atom stereocenters. The van der Waals surface area contributed by atoms with E-state index >= 15 is 0 Å². The number of ether oxygens (including phenoxy) is 2. The fraction of sp³-hybridized carbons (Fsp3) is 0.684. The number of aromatic nitrogens is 1. The number of rotatable bonds is 5. The number of hydrogen-bond donors (Lipinski definition) is 0. The van der Waals surface area contributed by atoms with Crippen molar-refractivity contribution in [3.63, 3.8) is 0 Å². The lowest BCUT2D eigenvalue weighted by Gasteiger charge is -2.44. The molecule has 0 bridgehead atoms. The molecule has 0 N–H and O–H groups in total. The molecule has 3 heterocycles. The average Bonchev–Trinajstić information content (AvgIpc) is 3.09. The van der Waals surface area contributed by atoms with Crippen LogP contribution < -0.4 is 0 Å². The summed E-state index contributed by atoms with van der Waals surface area (Å²) in [6.07, 6.45) is 5.39. The maximum Gasteiger partial charge on any atom is 0.270 e. The van der Waals surface area contributed by atoms with Crippen LogP contribution in [0.2, 0.25) is 0 Å². The van der Waals surface area contributed by atoms with E-state index in [0.29, 0.717) is 25.5 Å². The van der Waals surface area contributed by atoms with Crippen LogP contribution in [0.4, 0.5) is 0 Å². The van der Waals surface area contributed by atoms with Gasteiger partial charge in [0.25, 0.3) is 5.91 Å². The standard InChI is InChI=1S/C19H29N3O4/c1-20-9-4-6-17(20)19(24)21-10-3-5-16(13-21)22(18(23)14-25-2)15-7-11-26-12-8-15/h4,6,9,15-16H,3,5,7-8,10-14H2,1-2H3. The molecule has 7 heteroatoms. The van der Waals surface area contributed by atoms with E-state index in [1.165, 1.54) is 0 Å². The summed E-state index contributed by atoms with van der Waals surface area (Å²) in [5, 5.41) is 0. The van der Waals surface area contributed by atoms with E-state index in [4.69, 9.17) is 9.47 Å². The van der Waals surface area contributed by atoms with Crippen LogP contribution in [-0.4, -0.2) is 78.3 Å². The van der Waals surface area contributed by atoms with Crippen molar-refractivity contribution >= 4 is 11.8 Å². The highest BCUT2D eigenvalue weighted by atomic mass is 16.5. The predicted molar refractivity (Wildman–Crippen MR) is 96.9 cm³/mol. The van der Waals surface area contributed by atoms with E-state index < -0.39 is 0 Å². The Morgan fingerprint density at radius 3 is 2.69 bits per heavy atom. The quantitative estimate of drug-likeness (QED) is 0.791. The zero-order chi connectivity index (χ0) is 18.5. The van der Waals surface area contributed by atoms with Crippen molar-refractivity contribution in [1.29, 1.82) is 0 Å². The Bertz CT molecular complexity index is 624. The summed E-state index contributed by atoms with van der Waals surface area (Å²) in [6, 6.07) is 3.93. The van der Waals surface area contributed by atoms with Crippen LogP contribution in [-0.2, 0) is 21.3 Å². The Kier molecular flexibility index (Phi) is 6.32. The minimum Gasteiger partial charge on any atom is -0.381 e. The van der Waals surface area contributed by atoms with Gasteiger partial charge < -0.3 is 23.8 Å². The number of carbonyl (C=O) groups is 2. The molecule has 0 aromatic carbocycles. The fourth-order valence-electron chi connectivity index (χ4n) is 4.08. The monoisotopic (exact) mass is 363 g/mol. The molecular weight excluding hydrogens is 334 g/mol. The van der Waals surface area contributed by atoms with Crippen LogP contribution in [0.15, 0.2) is 18.3 Å². The molecule has 2 aliphatic rings. The number of likely N-dealkylation sites (tertiary alicyclic amines) is 1. The number of hydrogen-bond acceptors (Lipinski definition) is 4. The number of amides is 2. The molecule has 0 aliphatic carbocycles. The number of methoxy groups -OCH3 is 1. The molecule has 0 saturated carbocycles. The molecule has 26 heavy (non-hydrogen) atoms. The number of nitrogens with zero attached hydrogens (tertiary/aromatic N) is 3. The largest absolute Gasteiger partial charge is 0.381 e. The molecule has 0 radical (unpaired) electrons. The maximum atomic E-state index is 12.9. The van der Waals surface area contributed by atoms with Crippen molar-refractivity contribution in [3.8, 4) is 0 Å². The number of piperidine rings is 1. The highest BCUT2D eigenvalue weighted by molar-refractivity contribution is 5.93. The smallest absolute Gasteiger partial charge is 0.270 e. The summed E-state index contributed by atoms with van der Waals surface area (Å²) in [5.41, 5.74) is 0.687. The summed E-state index contributed by atoms with van der Waals surface area (Å²) in [4.78, 5) is 29.5. The van der Waals surface area contributed by atoms with Gasteiger partial charge in [0, 0.05) is 58.7 Å². The van der Waals surface area contributed by atoms with Crippen molar-refractivity contribution < 1.29 is 19.1 Å². The molecule has 2 saturated heterocycles. The van der Waals surface area contributed by atoms with Gasteiger partial charge in [-0.05, 0) is 37.8 Å². The fourth-order valence-corrected chi connectivity index (χ4v) is 4.08. The zero-order valence-corrected chi connectivity index (χ0v) is 15.7. The van der Waals surface area contributed by atoms with E-state index in [1.54, 1.807) is 7.11 Å². The Labute approximate surface area is 154 Å². The van der Waals surface area contributed by atoms with Gasteiger partial charge in [0.1, 0.15) is 12.3 Å². The molecule has 1 aromatic heterocycles. The predicted octanol–water partition coefficient (Wildman–Crippen LogP) is 1.28. The average molecular weight is 363 g/mol. The second-order valence-electron chi connectivity index (χ2n) is 7.13. The van der Waals surface area contributed by atoms with Gasteiger partial charge >= 0.3 is 0 Å².